The first-order chi connectivity index (χ1) is 17.3. The second kappa shape index (κ2) is 11.0. The monoisotopic (exact) mass is 589 g/mol. The van der Waals surface area contributed by atoms with E-state index in [2.05, 4.69) is 28.1 Å². The van der Waals surface area contributed by atoms with Crippen LogP contribution in [-0.4, -0.2) is 75.4 Å². The number of anilines is 1. The van der Waals surface area contributed by atoms with Crippen LogP contribution in [0.1, 0.15) is 38.3 Å². The van der Waals surface area contributed by atoms with Gasteiger partial charge in [0.15, 0.2) is 17.7 Å². The Hall–Kier alpha value is -1.36. The van der Waals surface area contributed by atoms with Crippen LogP contribution in [0, 0.1) is 0 Å². The first-order valence-corrected chi connectivity index (χ1v) is 15.4. The molecule has 1 aliphatic heterocycles. The number of phosphoric acid groups is 3. The van der Waals surface area contributed by atoms with Crippen molar-refractivity contribution in [3.8, 4) is 0 Å². The third-order valence-electron chi connectivity index (χ3n) is 5.65. The number of aliphatic hydroxyl groups excluding tert-OH is 2. The van der Waals surface area contributed by atoms with Crippen LogP contribution in [0.4, 0.5) is 5.82 Å². The Morgan fingerprint density at radius 2 is 1.65 bits per heavy atom. The van der Waals surface area contributed by atoms with Gasteiger partial charge in [0.1, 0.15) is 30.2 Å². The van der Waals surface area contributed by atoms with Gasteiger partial charge in [0.2, 0.25) is 0 Å². The number of hydrogen-bond acceptors (Lipinski definition) is 14. The van der Waals surface area contributed by atoms with Crippen LogP contribution in [0.25, 0.3) is 11.2 Å². The SMILES string of the molecule is Nc1ncnc2c1ncn2[C@@H]1O[C@H](COP(=O)(O)OP(=O)(O)OP(=O)(O)OC2CCCCC2)[C@@H](O)[C@H]1O. The van der Waals surface area contributed by atoms with Crippen LogP contribution >= 0.6 is 23.5 Å². The Bertz CT molecular complexity index is 1260. The standard InChI is InChI=1S/C16H26N5O13P3/c17-14-11-15(19-7-18-14)21(8-20-11)16-13(23)12(22)10(31-16)6-30-35(24,25)33-37(28,29)34-36(26,27)32-9-4-2-1-3-5-9/h7-10,12-13,16,22-23H,1-6H2,(H,24,25)(H,26,27)(H,28,29)(H2,17,18,19)/t10-,12-,13-,16-/m1/s1. The number of fused-ring (bicyclic) bond motifs is 1. The zero-order valence-electron chi connectivity index (χ0n) is 19.0. The number of rotatable bonds is 10. The third kappa shape index (κ3) is 6.99. The number of hydrogen-bond donors (Lipinski definition) is 6. The van der Waals surface area contributed by atoms with E-state index in [9.17, 15) is 38.6 Å². The summed E-state index contributed by atoms with van der Waals surface area (Å²) in [5.41, 5.74) is 6.09. The van der Waals surface area contributed by atoms with Gasteiger partial charge in [0.05, 0.1) is 19.0 Å². The van der Waals surface area contributed by atoms with Gasteiger partial charge in [-0.2, -0.15) is 8.62 Å². The highest BCUT2D eigenvalue weighted by Gasteiger charge is 2.47. The second-order valence-corrected chi connectivity index (χ2v) is 12.9. The van der Waals surface area contributed by atoms with Gasteiger partial charge in [0.25, 0.3) is 0 Å². The molecule has 2 aromatic rings. The lowest BCUT2D eigenvalue weighted by atomic mass is 9.98. The molecule has 37 heavy (non-hydrogen) atoms. The van der Waals surface area contributed by atoms with Crippen LogP contribution in [0.3, 0.4) is 0 Å². The molecule has 1 saturated heterocycles. The first kappa shape index (κ1) is 28.6. The minimum Gasteiger partial charge on any atom is -0.387 e. The number of aromatic nitrogens is 4. The topological polar surface area (TPSA) is 268 Å². The normalized spacial score (nSPS) is 30.1. The molecule has 7 N–H and O–H groups in total. The summed E-state index contributed by atoms with van der Waals surface area (Å²) in [6.07, 6.45) is -1.05. The van der Waals surface area contributed by atoms with Gasteiger partial charge in [0, 0.05) is 0 Å². The number of ether oxygens (including phenoxy) is 1. The van der Waals surface area contributed by atoms with E-state index in [0.29, 0.717) is 12.8 Å². The highest BCUT2D eigenvalue weighted by atomic mass is 31.3. The molecule has 208 valence electrons. The number of aliphatic hydroxyl groups is 2. The summed E-state index contributed by atoms with van der Waals surface area (Å²) in [5.74, 6) is 0.0576. The summed E-state index contributed by atoms with van der Waals surface area (Å²) in [6.45, 7) is -0.915. The van der Waals surface area contributed by atoms with Crippen LogP contribution in [0.2, 0.25) is 0 Å². The van der Waals surface area contributed by atoms with E-state index in [4.69, 9.17) is 15.0 Å². The number of nitrogen functional groups attached to an aromatic ring is 1. The number of imidazole rings is 1. The Morgan fingerprint density at radius 1 is 0.973 bits per heavy atom. The highest BCUT2D eigenvalue weighted by molar-refractivity contribution is 7.66. The van der Waals surface area contributed by atoms with Gasteiger partial charge in [-0.15, -0.1) is 0 Å². The van der Waals surface area contributed by atoms with E-state index in [1.165, 1.54) is 10.9 Å². The minimum absolute atomic E-state index is 0.0576. The molecule has 1 aliphatic carbocycles. The fourth-order valence-corrected chi connectivity index (χ4v) is 7.74. The molecule has 0 aromatic carbocycles. The van der Waals surface area contributed by atoms with Gasteiger partial charge in [-0.1, -0.05) is 19.3 Å². The predicted molar refractivity (Wildman–Crippen MR) is 121 cm³/mol. The zero-order chi connectivity index (χ0) is 27.0. The maximum atomic E-state index is 12.2. The van der Waals surface area contributed by atoms with Crippen molar-refractivity contribution in [1.82, 2.24) is 19.5 Å². The quantitative estimate of drug-likeness (QED) is 0.208. The Morgan fingerprint density at radius 3 is 2.35 bits per heavy atom. The number of nitrogens with zero attached hydrogens (tertiary/aromatic N) is 4. The molecule has 0 radical (unpaired) electrons. The van der Waals surface area contributed by atoms with E-state index < -0.39 is 60.7 Å². The van der Waals surface area contributed by atoms with E-state index >= 15 is 0 Å². The third-order valence-corrected chi connectivity index (χ3v) is 9.99. The fourth-order valence-electron chi connectivity index (χ4n) is 4.00. The van der Waals surface area contributed by atoms with Crippen molar-refractivity contribution in [1.29, 1.82) is 0 Å². The Balaban J connectivity index is 1.35. The molecule has 2 aromatic heterocycles. The van der Waals surface area contributed by atoms with Crippen molar-refractivity contribution in [2.24, 2.45) is 0 Å². The van der Waals surface area contributed by atoms with Crippen molar-refractivity contribution in [3.63, 3.8) is 0 Å². The molecule has 4 rings (SSSR count). The summed E-state index contributed by atoms with van der Waals surface area (Å²) in [6, 6.07) is 0. The maximum Gasteiger partial charge on any atom is 0.490 e. The average Bonchev–Trinajstić information content (AvgIpc) is 3.33. The van der Waals surface area contributed by atoms with Crippen molar-refractivity contribution in [2.75, 3.05) is 12.3 Å². The molecule has 0 bridgehead atoms. The lowest BCUT2D eigenvalue weighted by Crippen LogP contribution is -2.33. The molecule has 21 heteroatoms. The summed E-state index contributed by atoms with van der Waals surface area (Å²) < 4.78 is 60.7. The van der Waals surface area contributed by atoms with E-state index in [-0.39, 0.29) is 17.0 Å². The maximum absolute atomic E-state index is 12.2. The zero-order valence-corrected chi connectivity index (χ0v) is 21.7. The molecular weight excluding hydrogens is 563 g/mol. The van der Waals surface area contributed by atoms with Gasteiger partial charge >= 0.3 is 23.5 Å². The van der Waals surface area contributed by atoms with Crippen molar-refractivity contribution < 1.29 is 61.0 Å². The van der Waals surface area contributed by atoms with Gasteiger partial charge in [-0.25, -0.2) is 28.6 Å². The van der Waals surface area contributed by atoms with Crippen LogP contribution < -0.4 is 5.73 Å². The smallest absolute Gasteiger partial charge is 0.387 e. The van der Waals surface area contributed by atoms with Crippen molar-refractivity contribution in [3.05, 3.63) is 12.7 Å². The Kier molecular flexibility index (Phi) is 8.53. The summed E-state index contributed by atoms with van der Waals surface area (Å²) >= 11 is 0. The second-order valence-electron chi connectivity index (χ2n) is 8.36. The Labute approximate surface area is 209 Å². The van der Waals surface area contributed by atoms with Crippen LogP contribution in [0.15, 0.2) is 12.7 Å². The summed E-state index contributed by atoms with van der Waals surface area (Å²) in [7, 11) is -16.2. The van der Waals surface area contributed by atoms with E-state index in [1.807, 2.05) is 0 Å². The molecule has 0 spiro atoms. The number of phosphoric ester groups is 2. The van der Waals surface area contributed by atoms with Crippen molar-refractivity contribution >= 4 is 40.4 Å². The van der Waals surface area contributed by atoms with Gasteiger partial charge in [-0.05, 0) is 12.8 Å². The molecule has 3 unspecified atom stereocenters. The molecule has 2 fully saturated rings. The molecular formula is C16H26N5O13P3. The summed E-state index contributed by atoms with van der Waals surface area (Å²) in [5, 5.41) is 20.7. The lowest BCUT2D eigenvalue weighted by Gasteiger charge is -2.25. The fraction of sp³-hybridized carbons (Fsp3) is 0.688. The number of nitrogens with two attached hydrogens (primary N) is 1. The lowest BCUT2D eigenvalue weighted by molar-refractivity contribution is -0.0503. The van der Waals surface area contributed by atoms with Gasteiger partial charge < -0.3 is 35.4 Å². The van der Waals surface area contributed by atoms with Crippen molar-refractivity contribution in [2.45, 2.75) is 62.7 Å². The molecule has 2 aliphatic rings. The van der Waals surface area contributed by atoms with E-state index in [1.54, 1.807) is 0 Å². The summed E-state index contributed by atoms with van der Waals surface area (Å²) in [4.78, 5) is 41.1. The van der Waals surface area contributed by atoms with E-state index in [0.717, 1.165) is 25.6 Å². The largest absolute Gasteiger partial charge is 0.490 e. The van der Waals surface area contributed by atoms with Crippen LogP contribution in [-0.2, 0) is 36.1 Å². The molecule has 7 atom stereocenters. The molecule has 18 nitrogen and oxygen atoms in total. The highest BCUT2D eigenvalue weighted by Crippen LogP contribution is 2.68. The van der Waals surface area contributed by atoms with Crippen LogP contribution in [0.5, 0.6) is 0 Å². The predicted octanol–water partition coefficient (Wildman–Crippen LogP) is 0.728. The molecule has 3 heterocycles. The first-order valence-electron chi connectivity index (χ1n) is 11.0. The minimum atomic E-state index is -5.64. The van der Waals surface area contributed by atoms with Gasteiger partial charge in [-0.3, -0.25) is 13.6 Å². The molecule has 1 saturated carbocycles. The average molecular weight is 589 g/mol. The molecule has 0 amide bonds.